The van der Waals surface area contributed by atoms with Crippen LogP contribution in [0.2, 0.25) is 0 Å². The van der Waals surface area contributed by atoms with Crippen LogP contribution in [-0.2, 0) is 0 Å². The van der Waals surface area contributed by atoms with Crippen LogP contribution in [0.4, 0.5) is 0 Å². The fourth-order valence-electron chi connectivity index (χ4n) is 1.84. The van der Waals surface area contributed by atoms with E-state index in [1.165, 1.54) is 10.5 Å². The third kappa shape index (κ3) is 4.64. The lowest BCUT2D eigenvalue weighted by atomic mass is 10.1. The van der Waals surface area contributed by atoms with Crippen molar-refractivity contribution in [3.63, 3.8) is 0 Å². The molecule has 1 aromatic heterocycles. The summed E-state index contributed by atoms with van der Waals surface area (Å²) in [4.78, 5) is 5.48. The first kappa shape index (κ1) is 14.6. The fourth-order valence-corrected chi connectivity index (χ4v) is 3.44. The van der Waals surface area contributed by atoms with E-state index in [9.17, 15) is 0 Å². The molecule has 0 aliphatic rings. The van der Waals surface area contributed by atoms with Crippen molar-refractivity contribution in [1.82, 2.24) is 10.3 Å². The minimum Gasteiger partial charge on any atom is -0.309 e. The molecule has 1 unspecified atom stereocenters. The standard InChI is InChI=1S/C15H17BrN2S/c1-2-18-15(12-5-4-8-17-10-12)11-19-14-7-3-6-13(16)9-14/h3-10,15,18H,2,11H2,1H3. The van der Waals surface area contributed by atoms with Gasteiger partial charge in [-0.1, -0.05) is 35.0 Å². The topological polar surface area (TPSA) is 24.9 Å². The zero-order valence-electron chi connectivity index (χ0n) is 10.8. The van der Waals surface area contributed by atoms with Crippen LogP contribution in [0.5, 0.6) is 0 Å². The lowest BCUT2D eigenvalue weighted by Crippen LogP contribution is -2.23. The van der Waals surface area contributed by atoms with Crippen molar-refractivity contribution < 1.29 is 0 Å². The van der Waals surface area contributed by atoms with Gasteiger partial charge in [0.15, 0.2) is 0 Å². The first-order valence-corrected chi connectivity index (χ1v) is 8.09. The molecule has 1 heterocycles. The number of hydrogen-bond donors (Lipinski definition) is 1. The van der Waals surface area contributed by atoms with Crippen molar-refractivity contribution in [3.05, 3.63) is 58.8 Å². The average Bonchev–Trinajstić information content (AvgIpc) is 2.44. The van der Waals surface area contributed by atoms with Gasteiger partial charge in [0.25, 0.3) is 0 Å². The first-order chi connectivity index (χ1) is 9.29. The molecule has 0 bridgehead atoms. The molecule has 0 saturated heterocycles. The molecule has 0 spiro atoms. The number of rotatable bonds is 6. The molecule has 1 atom stereocenters. The zero-order valence-corrected chi connectivity index (χ0v) is 13.2. The molecule has 4 heteroatoms. The molecule has 0 saturated carbocycles. The van der Waals surface area contributed by atoms with E-state index in [0.717, 1.165) is 16.8 Å². The molecule has 2 nitrogen and oxygen atoms in total. The Morgan fingerprint density at radius 1 is 1.32 bits per heavy atom. The molecule has 2 rings (SSSR count). The van der Waals surface area contributed by atoms with Crippen molar-refractivity contribution in [2.45, 2.75) is 17.9 Å². The van der Waals surface area contributed by atoms with E-state index in [-0.39, 0.29) is 0 Å². The largest absolute Gasteiger partial charge is 0.309 e. The van der Waals surface area contributed by atoms with Crippen molar-refractivity contribution >= 4 is 27.7 Å². The summed E-state index contributed by atoms with van der Waals surface area (Å²) in [7, 11) is 0. The highest BCUT2D eigenvalue weighted by atomic mass is 79.9. The number of nitrogens with zero attached hydrogens (tertiary/aromatic N) is 1. The quantitative estimate of drug-likeness (QED) is 0.796. The maximum atomic E-state index is 4.20. The maximum Gasteiger partial charge on any atom is 0.0430 e. The van der Waals surface area contributed by atoms with Gasteiger partial charge in [-0.2, -0.15) is 0 Å². The van der Waals surface area contributed by atoms with Crippen molar-refractivity contribution in [2.24, 2.45) is 0 Å². The molecule has 1 aromatic carbocycles. The third-order valence-corrected chi connectivity index (χ3v) is 4.33. The molecule has 19 heavy (non-hydrogen) atoms. The minimum atomic E-state index is 0.336. The van der Waals surface area contributed by atoms with E-state index in [1.807, 2.05) is 36.3 Å². The second-order valence-electron chi connectivity index (χ2n) is 4.17. The maximum absolute atomic E-state index is 4.20. The molecule has 0 amide bonds. The van der Waals surface area contributed by atoms with Crippen LogP contribution in [0.15, 0.2) is 58.2 Å². The van der Waals surface area contributed by atoms with Gasteiger partial charge in [0.2, 0.25) is 0 Å². The molecular formula is C15H17BrN2S. The molecular weight excluding hydrogens is 320 g/mol. The van der Waals surface area contributed by atoms with Gasteiger partial charge in [-0.25, -0.2) is 0 Å². The molecule has 100 valence electrons. The molecule has 0 aliphatic heterocycles. The first-order valence-electron chi connectivity index (χ1n) is 6.31. The Balaban J connectivity index is 2.01. The lowest BCUT2D eigenvalue weighted by Gasteiger charge is -2.17. The summed E-state index contributed by atoms with van der Waals surface area (Å²) in [5.41, 5.74) is 1.24. The summed E-state index contributed by atoms with van der Waals surface area (Å²) in [5, 5.41) is 3.51. The number of hydrogen-bond acceptors (Lipinski definition) is 3. The number of nitrogens with one attached hydrogen (secondary N) is 1. The highest BCUT2D eigenvalue weighted by molar-refractivity contribution is 9.10. The van der Waals surface area contributed by atoms with E-state index >= 15 is 0 Å². The second-order valence-corrected chi connectivity index (χ2v) is 6.17. The number of pyridine rings is 1. The highest BCUT2D eigenvalue weighted by Gasteiger charge is 2.10. The Labute approximate surface area is 127 Å². The van der Waals surface area contributed by atoms with Crippen molar-refractivity contribution in [3.8, 4) is 0 Å². The Hall–Kier alpha value is -0.840. The second kappa shape index (κ2) is 7.68. The Kier molecular flexibility index (Phi) is 5.89. The summed E-state index contributed by atoms with van der Waals surface area (Å²) < 4.78 is 1.12. The van der Waals surface area contributed by atoms with Crippen LogP contribution >= 0.6 is 27.7 Å². The average molecular weight is 337 g/mol. The molecule has 1 N–H and O–H groups in total. The highest BCUT2D eigenvalue weighted by Crippen LogP contribution is 2.26. The molecule has 0 aliphatic carbocycles. The minimum absolute atomic E-state index is 0.336. The van der Waals surface area contributed by atoms with Crippen LogP contribution in [0.1, 0.15) is 18.5 Å². The SMILES string of the molecule is CCNC(CSc1cccc(Br)c1)c1cccnc1. The smallest absolute Gasteiger partial charge is 0.0430 e. The summed E-state index contributed by atoms with van der Waals surface area (Å²) in [6.07, 6.45) is 3.75. The third-order valence-electron chi connectivity index (χ3n) is 2.75. The van der Waals surface area contributed by atoms with Crippen molar-refractivity contribution in [2.75, 3.05) is 12.3 Å². The molecule has 0 fully saturated rings. The summed E-state index contributed by atoms with van der Waals surface area (Å²) in [6, 6.07) is 12.9. The van der Waals surface area contributed by atoms with Crippen LogP contribution in [0, 0.1) is 0 Å². The van der Waals surface area contributed by atoms with Gasteiger partial charge in [-0.05, 0) is 36.4 Å². The van der Waals surface area contributed by atoms with Gasteiger partial charge in [0.1, 0.15) is 0 Å². The fraction of sp³-hybridized carbons (Fsp3) is 0.267. The van der Waals surface area contributed by atoms with Crippen LogP contribution in [0.25, 0.3) is 0 Å². The van der Waals surface area contributed by atoms with E-state index in [4.69, 9.17) is 0 Å². The Bertz CT molecular complexity index is 505. The van der Waals surface area contributed by atoms with Gasteiger partial charge >= 0.3 is 0 Å². The number of thioether (sulfide) groups is 1. The van der Waals surface area contributed by atoms with Crippen LogP contribution < -0.4 is 5.32 Å². The lowest BCUT2D eigenvalue weighted by molar-refractivity contribution is 0.604. The van der Waals surface area contributed by atoms with E-state index in [0.29, 0.717) is 6.04 Å². The van der Waals surface area contributed by atoms with Gasteiger partial charge in [0, 0.05) is 33.6 Å². The number of aromatic nitrogens is 1. The Morgan fingerprint density at radius 3 is 2.89 bits per heavy atom. The zero-order chi connectivity index (χ0) is 13.5. The molecule has 2 aromatic rings. The summed E-state index contributed by atoms with van der Waals surface area (Å²) in [5.74, 6) is 0.996. The van der Waals surface area contributed by atoms with E-state index in [1.54, 1.807) is 0 Å². The van der Waals surface area contributed by atoms with Gasteiger partial charge < -0.3 is 5.32 Å². The molecule has 0 radical (unpaired) electrons. The summed E-state index contributed by atoms with van der Waals surface area (Å²) >= 11 is 5.36. The van der Waals surface area contributed by atoms with Crippen LogP contribution in [0.3, 0.4) is 0 Å². The van der Waals surface area contributed by atoms with E-state index < -0.39 is 0 Å². The summed E-state index contributed by atoms with van der Waals surface area (Å²) in [6.45, 7) is 3.09. The predicted molar refractivity (Wildman–Crippen MR) is 85.5 cm³/mol. The normalized spacial score (nSPS) is 12.3. The monoisotopic (exact) mass is 336 g/mol. The number of benzene rings is 1. The van der Waals surface area contributed by atoms with Crippen LogP contribution in [-0.4, -0.2) is 17.3 Å². The van der Waals surface area contributed by atoms with Gasteiger partial charge in [-0.15, -0.1) is 11.8 Å². The Morgan fingerprint density at radius 2 is 2.21 bits per heavy atom. The predicted octanol–water partition coefficient (Wildman–Crippen LogP) is 4.29. The van der Waals surface area contributed by atoms with Gasteiger partial charge in [-0.3, -0.25) is 4.98 Å². The number of halogens is 1. The van der Waals surface area contributed by atoms with E-state index in [2.05, 4.69) is 57.4 Å². The van der Waals surface area contributed by atoms with Crippen molar-refractivity contribution in [1.29, 1.82) is 0 Å². The van der Waals surface area contributed by atoms with Gasteiger partial charge in [0.05, 0.1) is 0 Å².